The Balaban J connectivity index is 0.905. The Kier molecular flexibility index (Phi) is 10.9. The molecular formula is C46H46N8O4. The highest BCUT2D eigenvalue weighted by Gasteiger charge is 2.37. The van der Waals surface area contributed by atoms with Crippen LogP contribution in [0.1, 0.15) is 66.6 Å². The van der Waals surface area contributed by atoms with E-state index in [1.54, 1.807) is 41.4 Å². The molecular weight excluding hydrogens is 729 g/mol. The van der Waals surface area contributed by atoms with Crippen LogP contribution in [0.15, 0.2) is 122 Å². The summed E-state index contributed by atoms with van der Waals surface area (Å²) in [5.41, 5.74) is 8.53. The first-order chi connectivity index (χ1) is 28.2. The van der Waals surface area contributed by atoms with Gasteiger partial charge in [0.25, 0.3) is 5.91 Å². The molecule has 2 fully saturated rings. The zero-order valence-electron chi connectivity index (χ0n) is 32.5. The molecule has 2 saturated heterocycles. The first-order valence-corrected chi connectivity index (χ1v) is 19.6. The predicted molar refractivity (Wildman–Crippen MR) is 225 cm³/mol. The minimum Gasteiger partial charge on any atom is -0.465 e. The second-order valence-electron chi connectivity index (χ2n) is 15.0. The Hall–Kier alpha value is -6.95. The number of benzene rings is 4. The number of hydrogen-bond donors (Lipinski definition) is 4. The molecule has 4 N–H and O–H groups in total. The van der Waals surface area contributed by atoms with E-state index in [0.717, 1.165) is 76.4 Å². The molecule has 12 heteroatoms. The highest BCUT2D eigenvalue weighted by molar-refractivity contribution is 5.92. The van der Waals surface area contributed by atoms with E-state index in [-0.39, 0.29) is 23.9 Å². The van der Waals surface area contributed by atoms with Gasteiger partial charge in [0.05, 0.1) is 35.9 Å². The molecule has 2 aliphatic rings. The van der Waals surface area contributed by atoms with Gasteiger partial charge < -0.3 is 35.1 Å². The minimum atomic E-state index is -1.25. The molecule has 4 heterocycles. The van der Waals surface area contributed by atoms with Gasteiger partial charge in [-0.25, -0.2) is 14.8 Å². The third-order valence-electron chi connectivity index (χ3n) is 11.1. The minimum absolute atomic E-state index is 0.0163. The van der Waals surface area contributed by atoms with Crippen molar-refractivity contribution in [2.75, 3.05) is 32.1 Å². The van der Waals surface area contributed by atoms with Crippen molar-refractivity contribution in [3.8, 4) is 33.6 Å². The van der Waals surface area contributed by atoms with Crippen molar-refractivity contribution in [2.24, 2.45) is 0 Å². The number of H-pyrrole nitrogens is 2. The smallest absolute Gasteiger partial charge is 0.405 e. The quantitative estimate of drug-likeness (QED) is 0.0969. The zero-order chi connectivity index (χ0) is 40.2. The van der Waals surface area contributed by atoms with E-state index >= 15 is 0 Å². The molecule has 6 aromatic rings. The molecule has 3 amide bonds. The van der Waals surface area contributed by atoms with E-state index in [2.05, 4.69) is 56.7 Å². The zero-order valence-corrected chi connectivity index (χ0v) is 32.5. The molecule has 2 aromatic heterocycles. The maximum atomic E-state index is 13.7. The fourth-order valence-corrected chi connectivity index (χ4v) is 7.99. The van der Waals surface area contributed by atoms with Crippen molar-refractivity contribution in [1.29, 1.82) is 0 Å². The van der Waals surface area contributed by atoms with Crippen molar-refractivity contribution in [2.45, 2.75) is 43.8 Å². The first-order valence-electron chi connectivity index (χ1n) is 19.6. The molecule has 4 aromatic carbocycles. The number of likely N-dealkylation sites (tertiary alicyclic amines) is 2. The van der Waals surface area contributed by atoms with Crippen LogP contribution in [0.4, 0.5) is 10.5 Å². The van der Waals surface area contributed by atoms with Gasteiger partial charge >= 0.3 is 6.09 Å². The van der Waals surface area contributed by atoms with E-state index in [1.807, 2.05) is 78.6 Å². The monoisotopic (exact) mass is 774 g/mol. The summed E-state index contributed by atoms with van der Waals surface area (Å²) in [6, 6.07) is 32.2. The van der Waals surface area contributed by atoms with Crippen LogP contribution in [0.25, 0.3) is 39.7 Å². The van der Waals surface area contributed by atoms with Gasteiger partial charge in [-0.1, -0.05) is 91.0 Å². The standard InChI is InChI=1S/C46H46N8O4/c1-52(2)36-23-12-30(13-24-36)14-25-41(55)53-26-6-10-39(53)43-47-28-37(49-43)33-19-15-31(16-20-33)32-17-21-34(22-18-32)38-29-48-44(50-38)40-11-7-27-54(40)45(56)42(51-46(57)58)35-8-4-3-5-9-35/h3-5,8-9,12-25,28-29,39-40,42,51H,6-7,10-11,26-27H2,1-2H3,(H,47,49)(H,48,50)(H,57,58)/b25-14+/t39?,40-,42+/m0/s1. The number of amides is 3. The predicted octanol–water partition coefficient (Wildman–Crippen LogP) is 8.25. The summed E-state index contributed by atoms with van der Waals surface area (Å²) in [4.78, 5) is 60.6. The lowest BCUT2D eigenvalue weighted by molar-refractivity contribution is -0.134. The molecule has 0 saturated carbocycles. The molecule has 12 nitrogen and oxygen atoms in total. The molecule has 3 atom stereocenters. The van der Waals surface area contributed by atoms with E-state index in [1.165, 1.54) is 0 Å². The average molecular weight is 775 g/mol. The molecule has 58 heavy (non-hydrogen) atoms. The highest BCUT2D eigenvalue weighted by Crippen LogP contribution is 2.35. The van der Waals surface area contributed by atoms with Crippen LogP contribution in [0.5, 0.6) is 0 Å². The summed E-state index contributed by atoms with van der Waals surface area (Å²) >= 11 is 0. The lowest BCUT2D eigenvalue weighted by Crippen LogP contribution is -2.42. The van der Waals surface area contributed by atoms with E-state index in [4.69, 9.17) is 4.98 Å². The molecule has 0 bridgehead atoms. The Labute approximate surface area is 337 Å². The fraction of sp³-hybridized carbons (Fsp3) is 0.239. The topological polar surface area (TPSA) is 151 Å². The summed E-state index contributed by atoms with van der Waals surface area (Å²) in [7, 11) is 4.01. The van der Waals surface area contributed by atoms with Gasteiger partial charge in [-0.05, 0) is 77.3 Å². The van der Waals surface area contributed by atoms with Crippen LogP contribution in [0.3, 0.4) is 0 Å². The van der Waals surface area contributed by atoms with Crippen LogP contribution in [0, 0.1) is 0 Å². The Morgan fingerprint density at radius 3 is 1.78 bits per heavy atom. The van der Waals surface area contributed by atoms with Gasteiger partial charge in [-0.2, -0.15) is 0 Å². The lowest BCUT2D eigenvalue weighted by atomic mass is 10.0. The summed E-state index contributed by atoms with van der Waals surface area (Å²) in [6.45, 7) is 1.22. The number of imidazole rings is 2. The largest absolute Gasteiger partial charge is 0.465 e. The number of anilines is 1. The van der Waals surface area contributed by atoms with Crippen molar-refractivity contribution < 1.29 is 19.5 Å². The Bertz CT molecular complexity index is 2400. The Morgan fingerprint density at radius 2 is 1.24 bits per heavy atom. The normalized spacial score (nSPS) is 17.1. The number of carbonyl (C=O) groups is 3. The summed E-state index contributed by atoms with van der Waals surface area (Å²) in [5.74, 6) is 1.16. The third kappa shape index (κ3) is 8.13. The SMILES string of the molecule is CN(C)c1ccc(/C=C/C(=O)N2CCCC2c2ncc(-c3ccc(-c4ccc(-c5cnc([C@@H]6CCCN6C(=O)[C@H](NC(=O)O)c6ccccc6)[nH]5)cc4)cc3)[nH]2)cc1. The second kappa shape index (κ2) is 16.6. The van der Waals surface area contributed by atoms with Crippen LogP contribution in [-0.2, 0) is 9.59 Å². The van der Waals surface area contributed by atoms with Crippen molar-refractivity contribution in [3.63, 3.8) is 0 Å². The van der Waals surface area contributed by atoms with Gasteiger partial charge in [0.15, 0.2) is 0 Å². The number of nitrogens with one attached hydrogen (secondary N) is 3. The van der Waals surface area contributed by atoms with Crippen molar-refractivity contribution in [3.05, 3.63) is 144 Å². The fourth-order valence-electron chi connectivity index (χ4n) is 7.99. The number of rotatable bonds is 11. The van der Waals surface area contributed by atoms with Gasteiger partial charge in [0.1, 0.15) is 17.7 Å². The summed E-state index contributed by atoms with van der Waals surface area (Å²) < 4.78 is 0. The number of carboxylic acid groups (broad SMARTS) is 1. The van der Waals surface area contributed by atoms with Gasteiger partial charge in [-0.15, -0.1) is 0 Å². The number of nitrogens with zero attached hydrogens (tertiary/aromatic N) is 5. The average Bonchev–Trinajstić information content (AvgIpc) is 4.10. The molecule has 0 radical (unpaired) electrons. The number of aromatic amines is 2. The first kappa shape index (κ1) is 37.9. The Morgan fingerprint density at radius 1 is 0.724 bits per heavy atom. The number of hydrogen-bond acceptors (Lipinski definition) is 6. The molecule has 8 rings (SSSR count). The third-order valence-corrected chi connectivity index (χ3v) is 11.1. The van der Waals surface area contributed by atoms with Crippen molar-refractivity contribution in [1.82, 2.24) is 35.1 Å². The van der Waals surface area contributed by atoms with Crippen LogP contribution >= 0.6 is 0 Å². The molecule has 0 spiro atoms. The van der Waals surface area contributed by atoms with E-state index in [9.17, 15) is 19.5 Å². The van der Waals surface area contributed by atoms with Gasteiger partial charge in [0, 0.05) is 38.9 Å². The van der Waals surface area contributed by atoms with E-state index in [0.29, 0.717) is 24.5 Å². The maximum absolute atomic E-state index is 13.7. The number of aromatic nitrogens is 4. The summed E-state index contributed by atoms with van der Waals surface area (Å²) in [6.07, 6.45) is 9.21. The van der Waals surface area contributed by atoms with Crippen LogP contribution in [0.2, 0.25) is 0 Å². The molecule has 1 unspecified atom stereocenters. The van der Waals surface area contributed by atoms with E-state index < -0.39 is 12.1 Å². The molecule has 0 aliphatic carbocycles. The highest BCUT2D eigenvalue weighted by atomic mass is 16.4. The maximum Gasteiger partial charge on any atom is 0.405 e. The van der Waals surface area contributed by atoms with Crippen LogP contribution in [-0.4, -0.2) is 79.9 Å². The lowest BCUT2D eigenvalue weighted by Gasteiger charge is -2.28. The molecule has 294 valence electrons. The van der Waals surface area contributed by atoms with Gasteiger partial charge in [0.2, 0.25) is 5.91 Å². The molecule has 2 aliphatic heterocycles. The van der Waals surface area contributed by atoms with Crippen LogP contribution < -0.4 is 10.2 Å². The number of carbonyl (C=O) groups excluding carboxylic acids is 2. The van der Waals surface area contributed by atoms with Gasteiger partial charge in [-0.3, -0.25) is 9.59 Å². The second-order valence-corrected chi connectivity index (χ2v) is 15.0. The summed E-state index contributed by atoms with van der Waals surface area (Å²) in [5, 5.41) is 11.9. The van der Waals surface area contributed by atoms with Crippen molar-refractivity contribution >= 4 is 29.7 Å².